The van der Waals surface area contributed by atoms with Crippen molar-refractivity contribution in [2.45, 2.75) is 69.7 Å². The van der Waals surface area contributed by atoms with Crippen molar-refractivity contribution in [1.29, 1.82) is 0 Å². The number of carbonyl (C=O) groups excluding carboxylic acids is 1. The molecule has 3 N–H and O–H groups in total. The van der Waals surface area contributed by atoms with E-state index in [1.54, 1.807) is 36.6 Å². The number of hydrogen-bond donors (Lipinski definition) is 3. The zero-order valence-corrected chi connectivity index (χ0v) is 24.0. The Hall–Kier alpha value is -4.40. The van der Waals surface area contributed by atoms with Crippen LogP contribution in [-0.4, -0.2) is 73.1 Å². The van der Waals surface area contributed by atoms with E-state index in [4.69, 9.17) is 9.47 Å². The van der Waals surface area contributed by atoms with Gasteiger partial charge >= 0.3 is 12.3 Å². The summed E-state index contributed by atoms with van der Waals surface area (Å²) in [4.78, 5) is 23.1. The SMILES string of the molecule is CC(C)NC(=O)O[C@@H]1CC[C@H](c2cc(Nc3nccc4nc(CN5CC(Oc6ccc(C(F)(F)F)cc6)C5)cn34)n[nH]2)[C@H]1F. The van der Waals surface area contributed by atoms with Gasteiger partial charge in [0.25, 0.3) is 0 Å². The summed E-state index contributed by atoms with van der Waals surface area (Å²) < 4.78 is 66.4. The summed E-state index contributed by atoms with van der Waals surface area (Å²) >= 11 is 0. The van der Waals surface area contributed by atoms with E-state index in [1.165, 1.54) is 12.1 Å². The Labute approximate surface area is 250 Å². The third-order valence-electron chi connectivity index (χ3n) is 7.63. The number of likely N-dealkylation sites (tertiary alicyclic amines) is 1. The summed E-state index contributed by atoms with van der Waals surface area (Å²) in [6.07, 6.45) is -2.91. The normalized spacial score (nSPS) is 21.0. The predicted molar refractivity (Wildman–Crippen MR) is 151 cm³/mol. The molecule has 1 aliphatic heterocycles. The van der Waals surface area contributed by atoms with E-state index in [9.17, 15) is 18.0 Å². The molecule has 15 heteroatoms. The lowest BCUT2D eigenvalue weighted by atomic mass is 10.0. The van der Waals surface area contributed by atoms with E-state index in [2.05, 4.69) is 35.7 Å². The second kappa shape index (κ2) is 11.9. The first-order valence-electron chi connectivity index (χ1n) is 14.3. The zero-order chi connectivity index (χ0) is 31.0. The number of benzene rings is 1. The third-order valence-corrected chi connectivity index (χ3v) is 7.63. The minimum Gasteiger partial charge on any atom is -0.488 e. The number of ether oxygens (including phenoxy) is 2. The van der Waals surface area contributed by atoms with Gasteiger partial charge in [-0.15, -0.1) is 0 Å². The number of fused-ring (bicyclic) bond motifs is 1. The molecule has 1 amide bonds. The van der Waals surface area contributed by atoms with Crippen LogP contribution < -0.4 is 15.4 Å². The number of halogens is 4. The van der Waals surface area contributed by atoms with E-state index in [-0.39, 0.29) is 12.1 Å². The fourth-order valence-corrected chi connectivity index (χ4v) is 5.49. The lowest BCUT2D eigenvalue weighted by molar-refractivity contribution is -0.137. The quantitative estimate of drug-likeness (QED) is 0.220. The van der Waals surface area contributed by atoms with E-state index >= 15 is 4.39 Å². The zero-order valence-electron chi connectivity index (χ0n) is 24.0. The van der Waals surface area contributed by atoms with Gasteiger partial charge < -0.3 is 20.1 Å². The number of alkyl halides is 4. The Morgan fingerprint density at radius 2 is 1.93 bits per heavy atom. The number of imidazole rings is 1. The van der Waals surface area contributed by atoms with Crippen molar-refractivity contribution < 1.29 is 31.8 Å². The van der Waals surface area contributed by atoms with Gasteiger partial charge in [-0.2, -0.15) is 18.3 Å². The second-order valence-electron chi connectivity index (χ2n) is 11.4. The number of nitrogens with zero attached hydrogens (tertiary/aromatic N) is 5. The molecule has 4 aromatic rings. The molecule has 234 valence electrons. The van der Waals surface area contributed by atoms with Crippen LogP contribution in [0.3, 0.4) is 0 Å². The Morgan fingerprint density at radius 1 is 1.16 bits per heavy atom. The average molecular weight is 617 g/mol. The number of hydrogen-bond acceptors (Lipinski definition) is 8. The lowest BCUT2D eigenvalue weighted by Crippen LogP contribution is -2.53. The lowest BCUT2D eigenvalue weighted by Gasteiger charge is -2.38. The molecular formula is C29H32F4N8O3. The monoisotopic (exact) mass is 616 g/mol. The van der Waals surface area contributed by atoms with E-state index in [0.29, 0.717) is 61.3 Å². The van der Waals surface area contributed by atoms with E-state index in [0.717, 1.165) is 17.8 Å². The van der Waals surface area contributed by atoms with Gasteiger partial charge in [-0.25, -0.2) is 19.2 Å². The van der Waals surface area contributed by atoms with Crippen LogP contribution in [0, 0.1) is 0 Å². The highest BCUT2D eigenvalue weighted by Gasteiger charge is 2.41. The smallest absolute Gasteiger partial charge is 0.416 e. The fraction of sp³-hybridized carbons (Fsp3) is 0.448. The maximum atomic E-state index is 15.2. The van der Waals surface area contributed by atoms with Crippen LogP contribution in [0.25, 0.3) is 5.65 Å². The molecule has 0 bridgehead atoms. The molecule has 0 spiro atoms. The third kappa shape index (κ3) is 6.56. The molecule has 6 rings (SSSR count). The highest BCUT2D eigenvalue weighted by molar-refractivity contribution is 5.67. The highest BCUT2D eigenvalue weighted by atomic mass is 19.4. The molecule has 0 unspecified atom stereocenters. The van der Waals surface area contributed by atoms with E-state index in [1.807, 2.05) is 6.20 Å². The molecule has 2 fully saturated rings. The summed E-state index contributed by atoms with van der Waals surface area (Å²) in [5.41, 5.74) is 1.36. The minimum atomic E-state index is -4.38. The van der Waals surface area contributed by atoms with Gasteiger partial charge in [-0.3, -0.25) is 14.4 Å². The van der Waals surface area contributed by atoms with Gasteiger partial charge in [0.05, 0.1) is 11.3 Å². The molecule has 3 atom stereocenters. The van der Waals surface area contributed by atoms with Gasteiger partial charge in [-0.1, -0.05) is 0 Å². The summed E-state index contributed by atoms with van der Waals surface area (Å²) in [5, 5.41) is 13.0. The first kappa shape index (κ1) is 29.7. The maximum Gasteiger partial charge on any atom is 0.416 e. The van der Waals surface area contributed by atoms with Crippen LogP contribution in [0.1, 0.15) is 49.6 Å². The van der Waals surface area contributed by atoms with Gasteiger partial charge in [0, 0.05) is 55.7 Å². The number of aromatic nitrogens is 5. The van der Waals surface area contributed by atoms with Crippen molar-refractivity contribution >= 4 is 23.5 Å². The van der Waals surface area contributed by atoms with Crippen molar-refractivity contribution in [3.05, 3.63) is 65.7 Å². The number of carbonyl (C=O) groups is 1. The summed E-state index contributed by atoms with van der Waals surface area (Å²) in [5.74, 6) is 0.842. The predicted octanol–water partition coefficient (Wildman–Crippen LogP) is 5.20. The Kier molecular flexibility index (Phi) is 8.05. The van der Waals surface area contributed by atoms with Crippen LogP contribution in [-0.2, 0) is 17.5 Å². The molecule has 1 aromatic carbocycles. The van der Waals surface area contributed by atoms with Crippen LogP contribution in [0.5, 0.6) is 5.75 Å². The molecular weight excluding hydrogens is 584 g/mol. The number of anilines is 2. The molecule has 1 aliphatic carbocycles. The maximum absolute atomic E-state index is 15.2. The van der Waals surface area contributed by atoms with Crippen molar-refractivity contribution in [3.63, 3.8) is 0 Å². The van der Waals surface area contributed by atoms with Crippen molar-refractivity contribution in [2.24, 2.45) is 0 Å². The number of nitrogens with one attached hydrogen (secondary N) is 3. The number of amides is 1. The largest absolute Gasteiger partial charge is 0.488 e. The van der Waals surface area contributed by atoms with Crippen LogP contribution in [0.2, 0.25) is 0 Å². The minimum absolute atomic E-state index is 0.102. The first-order valence-corrected chi connectivity index (χ1v) is 14.3. The topological polar surface area (TPSA) is 122 Å². The Balaban J connectivity index is 1.03. The van der Waals surface area contributed by atoms with E-state index < -0.39 is 36.0 Å². The molecule has 1 saturated carbocycles. The summed E-state index contributed by atoms with van der Waals surface area (Å²) in [7, 11) is 0. The van der Waals surface area contributed by atoms with Gasteiger partial charge in [0.15, 0.2) is 5.82 Å². The van der Waals surface area contributed by atoms with Crippen LogP contribution in [0.15, 0.2) is 48.8 Å². The Bertz CT molecular complexity index is 1600. The average Bonchev–Trinajstić information content (AvgIpc) is 3.66. The van der Waals surface area contributed by atoms with Gasteiger partial charge in [0.1, 0.15) is 29.8 Å². The van der Waals surface area contributed by atoms with Gasteiger partial charge in [-0.05, 0) is 57.0 Å². The Morgan fingerprint density at radius 3 is 2.66 bits per heavy atom. The summed E-state index contributed by atoms with van der Waals surface area (Å²) in [6.45, 7) is 5.39. The summed E-state index contributed by atoms with van der Waals surface area (Å²) in [6, 6.07) is 8.10. The number of alkyl carbamates (subject to hydrolysis) is 1. The number of H-pyrrole nitrogens is 1. The molecule has 11 nitrogen and oxygen atoms in total. The van der Waals surface area contributed by atoms with Crippen molar-refractivity contribution in [1.82, 2.24) is 34.8 Å². The molecule has 3 aromatic heterocycles. The van der Waals surface area contributed by atoms with Crippen molar-refractivity contribution in [3.8, 4) is 5.75 Å². The number of rotatable bonds is 9. The molecule has 4 heterocycles. The molecule has 1 saturated heterocycles. The molecule has 0 radical (unpaired) electrons. The number of aromatic amines is 1. The van der Waals surface area contributed by atoms with Crippen LogP contribution >= 0.6 is 0 Å². The molecule has 2 aliphatic rings. The molecule has 44 heavy (non-hydrogen) atoms. The van der Waals surface area contributed by atoms with Gasteiger partial charge in [0.2, 0.25) is 5.95 Å². The first-order chi connectivity index (χ1) is 21.0. The van der Waals surface area contributed by atoms with Crippen LogP contribution in [0.4, 0.5) is 34.1 Å². The standard InChI is InChI=1S/C29H32F4N8O3/c1-16(2)35-28(42)44-23-8-7-21(26(23)30)22-11-24(39-38-22)37-27-34-10-9-25-36-18(13-41(25)27)12-40-14-20(15-40)43-19-5-3-17(4-6-19)29(31,32)33/h3-6,9-11,13,16,20-21,23,26H,7-8,12,14-15H2,1-2H3,(H,35,42)(H2,34,37,38,39)/t21-,23-,26-/m1/s1. The van der Waals surface area contributed by atoms with Crippen molar-refractivity contribution in [2.75, 3.05) is 18.4 Å². The second-order valence-corrected chi connectivity index (χ2v) is 11.4. The highest BCUT2D eigenvalue weighted by Crippen LogP contribution is 2.38. The fourth-order valence-electron chi connectivity index (χ4n) is 5.49.